The highest BCUT2D eigenvalue weighted by Gasteiger charge is 2.23. The van der Waals surface area contributed by atoms with E-state index in [4.69, 9.17) is 0 Å². The Labute approximate surface area is 123 Å². The smallest absolute Gasteiger partial charge is 0.308 e. The van der Waals surface area contributed by atoms with E-state index in [1.807, 2.05) is 32.9 Å². The second-order valence-corrected chi connectivity index (χ2v) is 5.52. The van der Waals surface area contributed by atoms with Crippen molar-refractivity contribution in [2.24, 2.45) is 11.8 Å². The van der Waals surface area contributed by atoms with Crippen LogP contribution in [0.25, 0.3) is 11.5 Å². The zero-order valence-electron chi connectivity index (χ0n) is 12.4. The van der Waals surface area contributed by atoms with Gasteiger partial charge in [0.05, 0.1) is 12.5 Å². The van der Waals surface area contributed by atoms with E-state index in [1.54, 1.807) is 6.20 Å². The first-order chi connectivity index (χ1) is 9.99. The van der Waals surface area contributed by atoms with Crippen molar-refractivity contribution in [1.29, 1.82) is 0 Å². The maximum atomic E-state index is 11.4. The topological polar surface area (TPSA) is 93.8 Å². The lowest BCUT2D eigenvalue weighted by Crippen LogP contribution is -2.23. The van der Waals surface area contributed by atoms with E-state index >= 15 is 0 Å². The normalized spacial score (nSPS) is 12.6. The van der Waals surface area contributed by atoms with Crippen molar-refractivity contribution in [3.05, 3.63) is 23.9 Å². The van der Waals surface area contributed by atoms with Gasteiger partial charge in [-0.2, -0.15) is 0 Å². The number of aliphatic carboxylic acids is 1. The lowest BCUT2D eigenvalue weighted by atomic mass is 9.97. The van der Waals surface area contributed by atoms with Gasteiger partial charge in [-0.25, -0.2) is 4.68 Å². The van der Waals surface area contributed by atoms with Crippen LogP contribution in [0.15, 0.2) is 18.3 Å². The highest BCUT2D eigenvalue weighted by molar-refractivity contribution is 5.70. The van der Waals surface area contributed by atoms with Gasteiger partial charge < -0.3 is 5.11 Å². The van der Waals surface area contributed by atoms with E-state index in [2.05, 4.69) is 20.5 Å². The van der Waals surface area contributed by atoms with Gasteiger partial charge in [-0.05, 0) is 41.3 Å². The third-order valence-corrected chi connectivity index (χ3v) is 3.25. The predicted molar refractivity (Wildman–Crippen MR) is 76.4 cm³/mol. The Bertz CT molecular complexity index is 623. The maximum Gasteiger partial charge on any atom is 0.308 e. The summed E-state index contributed by atoms with van der Waals surface area (Å²) in [6.45, 7) is 6.16. The lowest BCUT2D eigenvalue weighted by Gasteiger charge is -2.15. The molecular formula is C14H19N5O2. The number of tetrazole rings is 1. The number of carbonyl (C=O) groups is 1. The van der Waals surface area contributed by atoms with Crippen molar-refractivity contribution in [3.63, 3.8) is 0 Å². The molecule has 112 valence electrons. The minimum absolute atomic E-state index is 0.242. The van der Waals surface area contributed by atoms with Gasteiger partial charge in [0, 0.05) is 6.20 Å². The summed E-state index contributed by atoms with van der Waals surface area (Å²) in [7, 11) is 0. The van der Waals surface area contributed by atoms with Crippen LogP contribution in [0, 0.1) is 18.8 Å². The highest BCUT2D eigenvalue weighted by atomic mass is 16.4. The Morgan fingerprint density at radius 1 is 1.43 bits per heavy atom. The van der Waals surface area contributed by atoms with Crippen LogP contribution in [0.1, 0.15) is 25.8 Å². The number of aromatic nitrogens is 5. The number of carboxylic acid groups (broad SMARTS) is 1. The van der Waals surface area contributed by atoms with Gasteiger partial charge in [-0.15, -0.1) is 5.10 Å². The minimum Gasteiger partial charge on any atom is -0.481 e. The summed E-state index contributed by atoms with van der Waals surface area (Å²) >= 11 is 0. The molecule has 2 aromatic heterocycles. The summed E-state index contributed by atoms with van der Waals surface area (Å²) in [5, 5.41) is 20.9. The first kappa shape index (κ1) is 15.1. The van der Waals surface area contributed by atoms with Crippen molar-refractivity contribution in [2.75, 3.05) is 0 Å². The van der Waals surface area contributed by atoms with Crippen LogP contribution < -0.4 is 0 Å². The van der Waals surface area contributed by atoms with Gasteiger partial charge in [0.25, 0.3) is 0 Å². The molecule has 0 bridgehead atoms. The molecule has 0 aliphatic carbocycles. The first-order valence-corrected chi connectivity index (χ1v) is 6.90. The molecule has 0 radical (unpaired) electrons. The molecule has 0 aliphatic rings. The Kier molecular flexibility index (Phi) is 4.62. The Morgan fingerprint density at radius 3 is 2.81 bits per heavy atom. The average Bonchev–Trinajstić information content (AvgIpc) is 2.86. The second kappa shape index (κ2) is 6.43. The molecule has 21 heavy (non-hydrogen) atoms. The number of hydrogen-bond donors (Lipinski definition) is 1. The number of carboxylic acids is 1. The van der Waals surface area contributed by atoms with Gasteiger partial charge in [-0.3, -0.25) is 9.78 Å². The molecule has 7 nitrogen and oxygen atoms in total. The van der Waals surface area contributed by atoms with Crippen molar-refractivity contribution < 1.29 is 9.90 Å². The molecule has 0 aliphatic heterocycles. The highest BCUT2D eigenvalue weighted by Crippen LogP contribution is 2.20. The van der Waals surface area contributed by atoms with E-state index in [0.29, 0.717) is 23.9 Å². The predicted octanol–water partition coefficient (Wildman–Crippen LogP) is 1.79. The fourth-order valence-electron chi connectivity index (χ4n) is 2.25. The van der Waals surface area contributed by atoms with Crippen LogP contribution >= 0.6 is 0 Å². The average molecular weight is 289 g/mol. The van der Waals surface area contributed by atoms with E-state index in [-0.39, 0.29) is 6.54 Å². The molecule has 0 amide bonds. The summed E-state index contributed by atoms with van der Waals surface area (Å²) in [6, 6.07) is 3.76. The minimum atomic E-state index is -0.831. The lowest BCUT2D eigenvalue weighted by molar-refractivity contribution is -0.142. The van der Waals surface area contributed by atoms with Gasteiger partial charge in [-0.1, -0.05) is 19.9 Å². The molecule has 0 saturated heterocycles. The molecule has 1 N–H and O–H groups in total. The Morgan fingerprint density at radius 2 is 2.19 bits per heavy atom. The van der Waals surface area contributed by atoms with Crippen LogP contribution in [-0.4, -0.2) is 36.3 Å². The number of pyridine rings is 1. The van der Waals surface area contributed by atoms with Crippen molar-refractivity contribution >= 4 is 5.97 Å². The SMILES string of the molecule is Cc1cccnc1-c1nnnn1CC(CC(C)C)C(=O)O. The van der Waals surface area contributed by atoms with Crippen LogP contribution in [0.5, 0.6) is 0 Å². The van der Waals surface area contributed by atoms with E-state index in [0.717, 1.165) is 5.56 Å². The monoisotopic (exact) mass is 289 g/mol. The van der Waals surface area contributed by atoms with Gasteiger partial charge in [0.15, 0.2) is 0 Å². The van der Waals surface area contributed by atoms with E-state index < -0.39 is 11.9 Å². The quantitative estimate of drug-likeness (QED) is 0.871. The Hall–Kier alpha value is -2.31. The Balaban J connectivity index is 2.28. The summed E-state index contributed by atoms with van der Waals surface area (Å²) in [6.07, 6.45) is 2.25. The number of aryl methyl sites for hydroxylation is 1. The molecule has 7 heteroatoms. The van der Waals surface area contributed by atoms with Gasteiger partial charge in [0.2, 0.25) is 5.82 Å². The summed E-state index contributed by atoms with van der Waals surface area (Å²) in [4.78, 5) is 15.7. The van der Waals surface area contributed by atoms with Crippen molar-refractivity contribution in [1.82, 2.24) is 25.2 Å². The molecule has 0 aromatic carbocycles. The molecule has 1 unspecified atom stereocenters. The molecule has 2 aromatic rings. The van der Waals surface area contributed by atoms with Crippen LogP contribution in [0.4, 0.5) is 0 Å². The number of hydrogen-bond acceptors (Lipinski definition) is 5. The van der Waals surface area contributed by atoms with Gasteiger partial charge >= 0.3 is 5.97 Å². The number of nitrogens with zero attached hydrogens (tertiary/aromatic N) is 5. The van der Waals surface area contributed by atoms with Crippen LogP contribution in [0.3, 0.4) is 0 Å². The molecule has 2 rings (SSSR count). The van der Waals surface area contributed by atoms with Gasteiger partial charge in [0.1, 0.15) is 5.69 Å². The summed E-state index contributed by atoms with van der Waals surface area (Å²) in [5.74, 6) is -0.551. The molecule has 1 atom stereocenters. The van der Waals surface area contributed by atoms with Crippen LogP contribution in [-0.2, 0) is 11.3 Å². The van der Waals surface area contributed by atoms with E-state index in [9.17, 15) is 9.90 Å². The third-order valence-electron chi connectivity index (χ3n) is 3.25. The zero-order chi connectivity index (χ0) is 15.4. The van der Waals surface area contributed by atoms with Crippen LogP contribution in [0.2, 0.25) is 0 Å². The number of rotatable bonds is 6. The molecular weight excluding hydrogens is 270 g/mol. The summed E-state index contributed by atoms with van der Waals surface area (Å²) < 4.78 is 1.52. The standard InChI is InChI=1S/C14H19N5O2/c1-9(2)7-11(14(20)21)8-19-13(16-17-18-19)12-10(3)5-4-6-15-12/h4-6,9,11H,7-8H2,1-3H3,(H,20,21). The maximum absolute atomic E-state index is 11.4. The fourth-order valence-corrected chi connectivity index (χ4v) is 2.25. The molecule has 0 fully saturated rings. The summed E-state index contributed by atoms with van der Waals surface area (Å²) in [5.41, 5.74) is 1.63. The molecule has 2 heterocycles. The zero-order valence-corrected chi connectivity index (χ0v) is 12.4. The van der Waals surface area contributed by atoms with Crippen molar-refractivity contribution in [2.45, 2.75) is 33.7 Å². The van der Waals surface area contributed by atoms with Crippen molar-refractivity contribution in [3.8, 4) is 11.5 Å². The second-order valence-electron chi connectivity index (χ2n) is 5.52. The largest absolute Gasteiger partial charge is 0.481 e. The fraction of sp³-hybridized carbons (Fsp3) is 0.500. The molecule has 0 spiro atoms. The molecule has 0 saturated carbocycles. The first-order valence-electron chi connectivity index (χ1n) is 6.90. The third kappa shape index (κ3) is 3.62. The van der Waals surface area contributed by atoms with E-state index in [1.165, 1.54) is 4.68 Å².